The molecular weight excluding hydrogens is 935 g/mol. The second kappa shape index (κ2) is 39.5. The van der Waals surface area contributed by atoms with Gasteiger partial charge in [0.25, 0.3) is 0 Å². The number of aliphatic hydroxyl groups is 1. The van der Waals surface area contributed by atoms with Crippen LogP contribution in [0.1, 0.15) is 273 Å². The average molecular weight is 1050 g/mol. The molecule has 12 heteroatoms. The summed E-state index contributed by atoms with van der Waals surface area (Å²) in [7, 11) is 0. The van der Waals surface area contributed by atoms with Crippen molar-refractivity contribution in [3.63, 3.8) is 0 Å². The van der Waals surface area contributed by atoms with Crippen molar-refractivity contribution in [3.05, 3.63) is 0 Å². The molecule has 74 heavy (non-hydrogen) atoms. The van der Waals surface area contributed by atoms with E-state index in [1.807, 2.05) is 0 Å². The van der Waals surface area contributed by atoms with Crippen molar-refractivity contribution in [3.8, 4) is 0 Å². The van der Waals surface area contributed by atoms with Crippen molar-refractivity contribution in [2.75, 3.05) is 72.5 Å². The van der Waals surface area contributed by atoms with Crippen LogP contribution in [0.15, 0.2) is 0 Å². The van der Waals surface area contributed by atoms with E-state index in [2.05, 4.69) is 46.4 Å². The Morgan fingerprint density at radius 2 is 0.676 bits per heavy atom. The molecule has 0 heterocycles. The van der Waals surface area contributed by atoms with E-state index < -0.39 is 34.2 Å². The molecule has 4 saturated carbocycles. The van der Waals surface area contributed by atoms with Gasteiger partial charge in [-0.05, 0) is 95.7 Å². The lowest BCUT2D eigenvalue weighted by molar-refractivity contribution is -0.247. The molecule has 0 aromatic rings. The van der Waals surface area contributed by atoms with Gasteiger partial charge in [0.1, 0.15) is 0 Å². The van der Waals surface area contributed by atoms with Crippen molar-refractivity contribution < 1.29 is 52.6 Å². The SMILES string of the molecule is CCCCCCCCOC(CCC(=O)OCC12CC3(CO)CC(COC(=O)CCCN(CC)CC)(C1)CC(COC(=O)CCC(OCCCCCCCC)OCCCCCCCC)(C3)C2)OCCCCCCCC. The Morgan fingerprint density at radius 1 is 0.392 bits per heavy atom. The van der Waals surface area contributed by atoms with E-state index in [1.165, 1.54) is 103 Å². The third-order valence-corrected chi connectivity index (χ3v) is 16.6. The van der Waals surface area contributed by atoms with Gasteiger partial charge in [-0.2, -0.15) is 0 Å². The summed E-state index contributed by atoms with van der Waals surface area (Å²) in [5, 5.41) is 11.3. The molecule has 4 aliphatic rings. The minimum absolute atomic E-state index is 0.0287. The fourth-order valence-electron chi connectivity index (χ4n) is 13.3. The highest BCUT2D eigenvalue weighted by Crippen LogP contribution is 2.74. The molecule has 4 bridgehead atoms. The zero-order valence-corrected chi connectivity index (χ0v) is 48.9. The largest absolute Gasteiger partial charge is 0.465 e. The van der Waals surface area contributed by atoms with Gasteiger partial charge in [0.05, 0.1) is 32.7 Å². The molecule has 2 atom stereocenters. The summed E-state index contributed by atoms with van der Waals surface area (Å²) < 4.78 is 43.8. The van der Waals surface area contributed by atoms with Gasteiger partial charge in [0, 0.05) is 68.5 Å². The zero-order valence-electron chi connectivity index (χ0n) is 48.9. The predicted molar refractivity (Wildman–Crippen MR) is 298 cm³/mol. The summed E-state index contributed by atoms with van der Waals surface area (Å²) in [6, 6.07) is 0. The summed E-state index contributed by atoms with van der Waals surface area (Å²) in [6.45, 7) is 19.0. The fourth-order valence-corrected chi connectivity index (χ4v) is 13.3. The molecular formula is C62H115NO11. The maximum atomic E-state index is 13.8. The Hall–Kier alpha value is -1.83. The average Bonchev–Trinajstić information content (AvgIpc) is 3.39. The van der Waals surface area contributed by atoms with Gasteiger partial charge in [-0.3, -0.25) is 14.4 Å². The van der Waals surface area contributed by atoms with Crippen LogP contribution in [0.3, 0.4) is 0 Å². The lowest BCUT2D eigenvalue weighted by Gasteiger charge is -2.69. The fraction of sp³-hybridized carbons (Fsp3) is 0.952. The monoisotopic (exact) mass is 1050 g/mol. The second-order valence-corrected chi connectivity index (χ2v) is 23.8. The van der Waals surface area contributed by atoms with Gasteiger partial charge in [-0.25, -0.2) is 0 Å². The molecule has 1 N–H and O–H groups in total. The van der Waals surface area contributed by atoms with Crippen LogP contribution in [0.4, 0.5) is 0 Å². The first-order chi connectivity index (χ1) is 36.0. The smallest absolute Gasteiger partial charge is 0.305 e. The number of unbranched alkanes of at least 4 members (excludes halogenated alkanes) is 20. The number of carbonyl (C=O) groups is 3. The van der Waals surface area contributed by atoms with Crippen molar-refractivity contribution >= 4 is 17.9 Å². The number of ether oxygens (including phenoxy) is 7. The van der Waals surface area contributed by atoms with Gasteiger partial charge in [-0.1, -0.05) is 170 Å². The number of carbonyl (C=O) groups excluding carboxylic acids is 3. The predicted octanol–water partition coefficient (Wildman–Crippen LogP) is 14.8. The van der Waals surface area contributed by atoms with Crippen LogP contribution in [0.25, 0.3) is 0 Å². The van der Waals surface area contributed by atoms with Crippen LogP contribution in [-0.4, -0.2) is 113 Å². The molecule has 0 amide bonds. The Bertz CT molecular complexity index is 1330. The summed E-state index contributed by atoms with van der Waals surface area (Å²) in [4.78, 5) is 43.2. The third kappa shape index (κ3) is 27.2. The molecule has 4 fully saturated rings. The molecule has 0 spiro atoms. The first-order valence-corrected chi connectivity index (χ1v) is 31.2. The van der Waals surface area contributed by atoms with Gasteiger partial charge >= 0.3 is 17.9 Å². The zero-order chi connectivity index (χ0) is 53.6. The van der Waals surface area contributed by atoms with Crippen LogP contribution >= 0.6 is 0 Å². The molecule has 0 aliphatic heterocycles. The maximum absolute atomic E-state index is 13.8. The summed E-state index contributed by atoms with van der Waals surface area (Å²) >= 11 is 0. The number of nitrogens with zero attached hydrogens (tertiary/aromatic N) is 1. The van der Waals surface area contributed by atoms with E-state index in [0.717, 1.165) is 96.7 Å². The van der Waals surface area contributed by atoms with E-state index in [-0.39, 0.29) is 57.2 Å². The Kier molecular flexibility index (Phi) is 35.5. The minimum Gasteiger partial charge on any atom is -0.465 e. The number of hydrogen-bond donors (Lipinski definition) is 1. The molecule has 12 nitrogen and oxygen atoms in total. The molecule has 0 aromatic heterocycles. The molecule has 0 saturated heterocycles. The highest BCUT2D eigenvalue weighted by atomic mass is 16.7. The third-order valence-electron chi connectivity index (χ3n) is 16.6. The van der Waals surface area contributed by atoms with Crippen molar-refractivity contribution in [1.29, 1.82) is 0 Å². The van der Waals surface area contributed by atoms with E-state index in [1.54, 1.807) is 0 Å². The lowest BCUT2D eigenvalue weighted by Crippen LogP contribution is -2.65. The highest BCUT2D eigenvalue weighted by molar-refractivity contribution is 5.70. The number of aliphatic hydroxyl groups excluding tert-OH is 1. The summed E-state index contributed by atoms with van der Waals surface area (Å²) in [5.41, 5.74) is -1.83. The lowest BCUT2D eigenvalue weighted by atomic mass is 9.36. The highest BCUT2D eigenvalue weighted by Gasteiger charge is 2.69. The van der Waals surface area contributed by atoms with E-state index in [9.17, 15) is 19.5 Å². The van der Waals surface area contributed by atoms with Crippen molar-refractivity contribution in [1.82, 2.24) is 4.90 Å². The number of esters is 3. The van der Waals surface area contributed by atoms with Crippen LogP contribution in [0.5, 0.6) is 0 Å². The van der Waals surface area contributed by atoms with Crippen LogP contribution in [0.2, 0.25) is 0 Å². The van der Waals surface area contributed by atoms with Crippen molar-refractivity contribution in [2.45, 2.75) is 285 Å². The Morgan fingerprint density at radius 3 is 0.973 bits per heavy atom. The molecule has 0 radical (unpaired) electrons. The van der Waals surface area contributed by atoms with Gasteiger partial charge in [-0.15, -0.1) is 0 Å². The normalized spacial score (nSPS) is 22.1. The minimum atomic E-state index is -0.470. The maximum Gasteiger partial charge on any atom is 0.305 e. The van der Waals surface area contributed by atoms with Crippen molar-refractivity contribution in [2.24, 2.45) is 21.7 Å². The summed E-state index contributed by atoms with van der Waals surface area (Å²) in [5.74, 6) is -0.765. The molecule has 434 valence electrons. The van der Waals surface area contributed by atoms with Gasteiger partial charge < -0.3 is 43.2 Å². The molecule has 4 aliphatic carbocycles. The van der Waals surface area contributed by atoms with Crippen LogP contribution in [0, 0.1) is 21.7 Å². The Balaban J connectivity index is 1.71. The van der Waals surface area contributed by atoms with Gasteiger partial charge in [0.15, 0.2) is 12.6 Å². The van der Waals surface area contributed by atoms with Crippen LogP contribution in [-0.2, 0) is 47.5 Å². The van der Waals surface area contributed by atoms with Gasteiger partial charge in [0.2, 0.25) is 0 Å². The van der Waals surface area contributed by atoms with E-state index in [0.29, 0.717) is 65.0 Å². The Labute approximate surface area is 453 Å². The number of hydrogen-bond acceptors (Lipinski definition) is 12. The second-order valence-electron chi connectivity index (χ2n) is 23.8. The molecule has 0 aromatic carbocycles. The van der Waals surface area contributed by atoms with E-state index in [4.69, 9.17) is 33.2 Å². The quantitative estimate of drug-likeness (QED) is 0.0268. The number of rotatable bonds is 51. The molecule has 2 unspecified atom stereocenters. The topological polar surface area (TPSA) is 139 Å². The first kappa shape index (κ1) is 66.4. The molecule has 4 rings (SSSR count). The first-order valence-electron chi connectivity index (χ1n) is 31.2. The summed E-state index contributed by atoms with van der Waals surface area (Å²) in [6.07, 6.45) is 33.9. The van der Waals surface area contributed by atoms with E-state index >= 15 is 0 Å². The standard InChI is InChI=1S/C62H115NO11/c1-7-13-17-21-25-29-40-68-57(69-41-30-26-22-18-14-8-2)37-35-55(66)73-52-61-45-59(50-64)44-60(47-61,51-72-54(65)34-33-39-63(11-5)12-6)48-62(46-59,49-61)53-74-56(67)36-38-58(70-42-31-27-23-19-15-9-3)71-43-32-28-24-20-16-10-4/h57-58,64H,7-53H2,1-6H3. The van der Waals surface area contributed by atoms with Crippen LogP contribution < -0.4 is 0 Å².